The third-order valence-corrected chi connectivity index (χ3v) is 9.63. The van der Waals surface area contributed by atoms with Crippen LogP contribution in [0.2, 0.25) is 0 Å². The molecule has 7 rings (SSSR count). The van der Waals surface area contributed by atoms with Crippen molar-refractivity contribution in [2.45, 2.75) is 64.0 Å². The first kappa shape index (κ1) is 27.5. The van der Waals surface area contributed by atoms with Crippen LogP contribution in [0.3, 0.4) is 0 Å². The molecule has 2 aliphatic heterocycles. The molecular weight excluding hydrogens is 526 g/mol. The number of nitrogens with two attached hydrogens (primary N) is 1. The van der Waals surface area contributed by atoms with Crippen molar-refractivity contribution in [1.29, 1.82) is 0 Å². The Morgan fingerprint density at radius 3 is 2.71 bits per heavy atom. The molecule has 222 valence electrons. The van der Waals surface area contributed by atoms with Crippen molar-refractivity contribution < 1.29 is 14.3 Å². The molecule has 2 N–H and O–H groups in total. The van der Waals surface area contributed by atoms with E-state index in [1.54, 1.807) is 7.11 Å². The van der Waals surface area contributed by atoms with Crippen LogP contribution in [0.25, 0.3) is 33.5 Å². The van der Waals surface area contributed by atoms with E-state index in [-0.39, 0.29) is 12.0 Å². The summed E-state index contributed by atoms with van der Waals surface area (Å²) in [5.74, 6) is 2.65. The highest BCUT2D eigenvalue weighted by Gasteiger charge is 2.29. The molecule has 0 spiro atoms. The Hall–Kier alpha value is -3.36. The van der Waals surface area contributed by atoms with E-state index < -0.39 is 0 Å². The van der Waals surface area contributed by atoms with Gasteiger partial charge in [-0.1, -0.05) is 18.2 Å². The van der Waals surface area contributed by atoms with Crippen LogP contribution in [0, 0.1) is 11.8 Å². The molecule has 2 atom stereocenters. The van der Waals surface area contributed by atoms with Crippen LogP contribution >= 0.6 is 0 Å². The minimum absolute atomic E-state index is 0.0259. The average Bonchev–Trinajstić information content (AvgIpc) is 3.69. The molecule has 0 bridgehead atoms. The Morgan fingerprint density at radius 1 is 1.07 bits per heavy atom. The average molecular weight is 570 g/mol. The number of benzene rings is 2. The Kier molecular flexibility index (Phi) is 7.44. The van der Waals surface area contributed by atoms with Crippen LogP contribution in [0.1, 0.15) is 60.9 Å². The first-order chi connectivity index (χ1) is 20.5. The SMILES string of the molecule is COc1cc(C(=O)N2CCC[C@@H](CN)C2)cc2nc(-c3cc4cccc(CC5CCCCO5)c4n3CC3CC3)n(C)c12. The predicted octanol–water partition coefficient (Wildman–Crippen LogP) is 5.54. The molecule has 2 aromatic heterocycles. The van der Waals surface area contributed by atoms with Crippen LogP contribution in [-0.4, -0.2) is 64.4 Å². The zero-order chi connectivity index (χ0) is 28.8. The summed E-state index contributed by atoms with van der Waals surface area (Å²) in [6, 6.07) is 12.8. The molecule has 1 amide bonds. The van der Waals surface area contributed by atoms with Gasteiger partial charge in [-0.15, -0.1) is 0 Å². The van der Waals surface area contributed by atoms with Crippen molar-refractivity contribution in [2.75, 3.05) is 33.4 Å². The molecule has 3 aliphatic rings. The summed E-state index contributed by atoms with van der Waals surface area (Å²) in [5.41, 5.74) is 12.0. The van der Waals surface area contributed by atoms with E-state index in [1.807, 2.05) is 17.0 Å². The van der Waals surface area contributed by atoms with Gasteiger partial charge in [-0.3, -0.25) is 4.79 Å². The number of imidazole rings is 1. The van der Waals surface area contributed by atoms with Gasteiger partial charge in [0.2, 0.25) is 0 Å². The van der Waals surface area contributed by atoms with Crippen LogP contribution in [0.5, 0.6) is 5.75 Å². The molecule has 8 nitrogen and oxygen atoms in total. The predicted molar refractivity (Wildman–Crippen MR) is 166 cm³/mol. The van der Waals surface area contributed by atoms with E-state index in [0.717, 1.165) is 67.9 Å². The number of amides is 1. The Labute approximate surface area is 247 Å². The zero-order valence-electron chi connectivity index (χ0n) is 25.0. The van der Waals surface area contributed by atoms with Gasteiger partial charge in [-0.2, -0.15) is 0 Å². The molecule has 4 heterocycles. The van der Waals surface area contributed by atoms with Gasteiger partial charge in [-0.25, -0.2) is 4.98 Å². The van der Waals surface area contributed by atoms with E-state index in [2.05, 4.69) is 40.4 Å². The minimum Gasteiger partial charge on any atom is -0.494 e. The van der Waals surface area contributed by atoms with E-state index in [9.17, 15) is 4.79 Å². The second kappa shape index (κ2) is 11.4. The van der Waals surface area contributed by atoms with Gasteiger partial charge in [0.1, 0.15) is 11.3 Å². The summed E-state index contributed by atoms with van der Waals surface area (Å²) in [4.78, 5) is 20.7. The number of hydrogen-bond donors (Lipinski definition) is 1. The summed E-state index contributed by atoms with van der Waals surface area (Å²) in [6.45, 7) is 3.94. The van der Waals surface area contributed by atoms with E-state index in [1.165, 1.54) is 42.1 Å². The number of hydrogen-bond acceptors (Lipinski definition) is 5. The summed E-state index contributed by atoms with van der Waals surface area (Å²) >= 11 is 0. The lowest BCUT2D eigenvalue weighted by atomic mass is 9.97. The van der Waals surface area contributed by atoms with Crippen molar-refractivity contribution >= 4 is 27.8 Å². The fourth-order valence-corrected chi connectivity index (χ4v) is 7.16. The number of carbonyl (C=O) groups is 1. The summed E-state index contributed by atoms with van der Waals surface area (Å²) in [6.07, 6.45) is 9.38. The summed E-state index contributed by atoms with van der Waals surface area (Å²) < 4.78 is 16.7. The van der Waals surface area contributed by atoms with Crippen LogP contribution < -0.4 is 10.5 Å². The largest absolute Gasteiger partial charge is 0.494 e. The Bertz CT molecular complexity index is 1610. The molecular formula is C34H43N5O3. The molecule has 4 aromatic rings. The fraction of sp³-hybridized carbons (Fsp3) is 0.529. The number of aromatic nitrogens is 3. The Balaban J connectivity index is 1.31. The number of para-hydroxylation sites is 1. The van der Waals surface area contributed by atoms with E-state index in [4.69, 9.17) is 20.2 Å². The molecule has 1 aliphatic carbocycles. The molecule has 1 saturated carbocycles. The number of piperidine rings is 1. The zero-order valence-corrected chi connectivity index (χ0v) is 25.0. The Morgan fingerprint density at radius 2 is 1.95 bits per heavy atom. The van der Waals surface area contributed by atoms with E-state index >= 15 is 0 Å². The van der Waals surface area contributed by atoms with E-state index in [0.29, 0.717) is 36.2 Å². The number of ether oxygens (including phenoxy) is 2. The van der Waals surface area contributed by atoms with Crippen molar-refractivity contribution in [3.8, 4) is 17.3 Å². The third kappa shape index (κ3) is 5.09. The summed E-state index contributed by atoms with van der Waals surface area (Å²) in [7, 11) is 3.73. The second-order valence-corrected chi connectivity index (χ2v) is 12.7. The molecule has 8 heteroatoms. The fourth-order valence-electron chi connectivity index (χ4n) is 7.16. The van der Waals surface area contributed by atoms with Gasteiger partial charge < -0.3 is 29.2 Å². The lowest BCUT2D eigenvalue weighted by Crippen LogP contribution is -2.42. The molecule has 2 aromatic carbocycles. The van der Waals surface area contributed by atoms with Gasteiger partial charge in [-0.05, 0) is 87.1 Å². The van der Waals surface area contributed by atoms with Crippen molar-refractivity contribution in [1.82, 2.24) is 19.0 Å². The van der Waals surface area contributed by atoms with Gasteiger partial charge in [0.25, 0.3) is 5.91 Å². The molecule has 42 heavy (non-hydrogen) atoms. The topological polar surface area (TPSA) is 87.5 Å². The van der Waals surface area contributed by atoms with Crippen LogP contribution in [0.15, 0.2) is 36.4 Å². The maximum atomic E-state index is 13.6. The van der Waals surface area contributed by atoms with Crippen molar-refractivity contribution in [3.63, 3.8) is 0 Å². The summed E-state index contributed by atoms with van der Waals surface area (Å²) in [5, 5.41) is 1.24. The molecule has 1 unspecified atom stereocenters. The highest BCUT2D eigenvalue weighted by atomic mass is 16.5. The van der Waals surface area contributed by atoms with Gasteiger partial charge in [0.05, 0.1) is 29.9 Å². The number of rotatable bonds is 8. The van der Waals surface area contributed by atoms with Gasteiger partial charge >= 0.3 is 0 Å². The number of fused-ring (bicyclic) bond motifs is 2. The van der Waals surface area contributed by atoms with Gasteiger partial charge in [0.15, 0.2) is 5.82 Å². The first-order valence-electron chi connectivity index (χ1n) is 15.8. The number of nitrogens with zero attached hydrogens (tertiary/aromatic N) is 4. The molecule has 0 radical (unpaired) electrons. The number of aryl methyl sites for hydroxylation is 1. The van der Waals surface area contributed by atoms with Gasteiger partial charge in [0, 0.05) is 50.7 Å². The van der Waals surface area contributed by atoms with Crippen LogP contribution in [-0.2, 0) is 24.8 Å². The third-order valence-electron chi connectivity index (χ3n) is 9.63. The first-order valence-corrected chi connectivity index (χ1v) is 15.8. The smallest absolute Gasteiger partial charge is 0.254 e. The highest BCUT2D eigenvalue weighted by Crippen LogP contribution is 2.39. The maximum Gasteiger partial charge on any atom is 0.254 e. The quantitative estimate of drug-likeness (QED) is 0.301. The van der Waals surface area contributed by atoms with Crippen molar-refractivity contribution in [2.24, 2.45) is 24.6 Å². The monoisotopic (exact) mass is 569 g/mol. The molecule has 2 saturated heterocycles. The normalized spacial score (nSPS) is 21.4. The standard InChI is InChI=1S/C34H43N5O3/c1-37-32-28(16-26(18-30(32)41-2)34(40)38-13-6-7-23(19-35)20-38)36-33(37)29-17-25-9-5-8-24(15-27-10-3-4-14-42-27)31(25)39(29)21-22-11-12-22/h5,8-9,16-18,22-23,27H,3-4,6-7,10-15,19-21,35H2,1-2H3/t23-,27?/m0/s1. The minimum atomic E-state index is 0.0259. The van der Waals surface area contributed by atoms with Crippen molar-refractivity contribution in [3.05, 3.63) is 47.5 Å². The second-order valence-electron chi connectivity index (χ2n) is 12.7. The molecule has 3 fully saturated rings. The van der Waals surface area contributed by atoms with Crippen LogP contribution in [0.4, 0.5) is 0 Å². The number of methoxy groups -OCH3 is 1. The number of carbonyl (C=O) groups excluding carboxylic acids is 1. The highest BCUT2D eigenvalue weighted by molar-refractivity contribution is 6.00. The number of likely N-dealkylation sites (tertiary alicyclic amines) is 1. The maximum absolute atomic E-state index is 13.6. The lowest BCUT2D eigenvalue weighted by Gasteiger charge is -2.32. The lowest BCUT2D eigenvalue weighted by molar-refractivity contribution is 0.0169.